The zero-order valence-electron chi connectivity index (χ0n) is 15.5. The fourth-order valence-electron chi connectivity index (χ4n) is 3.43. The van der Waals surface area contributed by atoms with Crippen LogP contribution >= 0.6 is 11.3 Å². The van der Waals surface area contributed by atoms with Gasteiger partial charge in [0.1, 0.15) is 11.0 Å². The van der Waals surface area contributed by atoms with E-state index in [-0.39, 0.29) is 10.4 Å². The lowest BCUT2D eigenvalue weighted by atomic mass is 10.0. The first-order chi connectivity index (χ1) is 13.5. The quantitative estimate of drug-likeness (QED) is 0.786. The molecule has 0 saturated carbocycles. The maximum absolute atomic E-state index is 12.9. The molecule has 150 valence electrons. The highest BCUT2D eigenvalue weighted by Gasteiger charge is 2.35. The molecule has 1 saturated heterocycles. The van der Waals surface area contributed by atoms with E-state index < -0.39 is 21.0 Å². The van der Waals surface area contributed by atoms with Gasteiger partial charge in [0.15, 0.2) is 0 Å². The number of carbonyl (C=O) groups excluding carboxylic acids is 1. The Hall–Kier alpha value is -2.20. The van der Waals surface area contributed by atoms with Crippen LogP contribution in [-0.2, 0) is 14.6 Å². The number of nitrogens with one attached hydrogen (secondary N) is 1. The number of para-hydroxylation sites is 1. The van der Waals surface area contributed by atoms with Crippen molar-refractivity contribution in [1.29, 1.82) is 0 Å². The lowest BCUT2D eigenvalue weighted by molar-refractivity contribution is -0.121. The fourth-order valence-corrected chi connectivity index (χ4v) is 5.99. The maximum atomic E-state index is 12.9. The molecule has 0 aliphatic carbocycles. The van der Waals surface area contributed by atoms with Gasteiger partial charge in [-0.1, -0.05) is 29.5 Å². The topological polar surface area (TPSA) is 101 Å². The standard InChI is InChI=1S/C18H22N4O4S2/c1-12(16(23)19-14-8-11-26-15-7-3-2-6-13(14)15)28(24,25)18-21-20-17(27-18)22-9-4-5-10-22/h2-3,6-7,12,14H,4-5,8-11H2,1H3,(H,19,23). The van der Waals surface area contributed by atoms with Gasteiger partial charge < -0.3 is 15.0 Å². The summed E-state index contributed by atoms with van der Waals surface area (Å²) in [6, 6.07) is 7.18. The number of hydrogen-bond acceptors (Lipinski definition) is 8. The number of carbonyl (C=O) groups is 1. The molecule has 2 unspecified atom stereocenters. The predicted molar refractivity (Wildman–Crippen MR) is 105 cm³/mol. The smallest absolute Gasteiger partial charge is 0.239 e. The molecule has 0 spiro atoms. The summed E-state index contributed by atoms with van der Waals surface area (Å²) in [5.74, 6) is 0.175. The molecule has 2 aliphatic heterocycles. The number of amides is 1. The number of ether oxygens (including phenoxy) is 1. The first-order valence-electron chi connectivity index (χ1n) is 9.31. The van der Waals surface area contributed by atoms with Gasteiger partial charge in [0, 0.05) is 25.1 Å². The molecular formula is C18H22N4O4S2. The monoisotopic (exact) mass is 422 g/mol. The molecule has 28 heavy (non-hydrogen) atoms. The third kappa shape index (κ3) is 3.58. The second-order valence-corrected chi connectivity index (χ2v) is 10.4. The first-order valence-corrected chi connectivity index (χ1v) is 11.7. The number of rotatable bonds is 5. The van der Waals surface area contributed by atoms with E-state index >= 15 is 0 Å². The molecule has 2 atom stereocenters. The van der Waals surface area contributed by atoms with E-state index in [0.29, 0.717) is 23.9 Å². The van der Waals surface area contributed by atoms with Gasteiger partial charge in [0.05, 0.1) is 12.6 Å². The summed E-state index contributed by atoms with van der Waals surface area (Å²) in [7, 11) is -3.90. The summed E-state index contributed by atoms with van der Waals surface area (Å²) in [5, 5.41) is 10.1. The van der Waals surface area contributed by atoms with Crippen molar-refractivity contribution >= 4 is 32.2 Å². The average molecular weight is 423 g/mol. The van der Waals surface area contributed by atoms with Crippen molar-refractivity contribution in [3.8, 4) is 5.75 Å². The molecule has 0 radical (unpaired) electrons. The lowest BCUT2D eigenvalue weighted by Crippen LogP contribution is -2.41. The summed E-state index contributed by atoms with van der Waals surface area (Å²) in [6.45, 7) is 3.58. The Labute approximate surface area is 167 Å². The normalized spacial score (nSPS) is 20.3. The van der Waals surface area contributed by atoms with Gasteiger partial charge in [-0.15, -0.1) is 10.2 Å². The van der Waals surface area contributed by atoms with Crippen molar-refractivity contribution in [1.82, 2.24) is 15.5 Å². The summed E-state index contributed by atoms with van der Waals surface area (Å²) in [5.41, 5.74) is 0.860. The molecule has 1 fully saturated rings. The van der Waals surface area contributed by atoms with Crippen molar-refractivity contribution in [2.45, 2.75) is 41.8 Å². The van der Waals surface area contributed by atoms with Crippen LogP contribution in [-0.4, -0.2) is 49.5 Å². The highest BCUT2D eigenvalue weighted by Crippen LogP contribution is 2.32. The van der Waals surface area contributed by atoms with E-state index in [9.17, 15) is 13.2 Å². The van der Waals surface area contributed by atoms with E-state index in [1.165, 1.54) is 6.92 Å². The minimum Gasteiger partial charge on any atom is -0.493 e. The van der Waals surface area contributed by atoms with Gasteiger partial charge in [-0.3, -0.25) is 4.79 Å². The second kappa shape index (κ2) is 7.67. The third-order valence-corrected chi connectivity index (χ3v) is 8.56. The maximum Gasteiger partial charge on any atom is 0.239 e. The minimum atomic E-state index is -3.90. The molecule has 1 N–H and O–H groups in total. The SMILES string of the molecule is CC(C(=O)NC1CCOc2ccccc21)S(=O)(=O)c1nnc(N2CCCC2)s1. The zero-order valence-corrected chi connectivity index (χ0v) is 17.1. The number of sulfone groups is 1. The van der Waals surface area contributed by atoms with Crippen LogP contribution in [0.2, 0.25) is 0 Å². The van der Waals surface area contributed by atoms with Gasteiger partial charge in [-0.25, -0.2) is 8.42 Å². The third-order valence-electron chi connectivity index (χ3n) is 5.13. The molecule has 2 aromatic rings. The lowest BCUT2D eigenvalue weighted by Gasteiger charge is -2.27. The molecule has 10 heteroatoms. The van der Waals surface area contributed by atoms with E-state index in [1.807, 2.05) is 29.2 Å². The number of hydrogen-bond donors (Lipinski definition) is 1. The Balaban J connectivity index is 1.49. The molecule has 1 aromatic heterocycles. The molecule has 3 heterocycles. The van der Waals surface area contributed by atoms with Crippen LogP contribution in [0.15, 0.2) is 28.6 Å². The van der Waals surface area contributed by atoms with Gasteiger partial charge in [-0.2, -0.15) is 0 Å². The summed E-state index contributed by atoms with van der Waals surface area (Å²) < 4.78 is 31.3. The largest absolute Gasteiger partial charge is 0.493 e. The van der Waals surface area contributed by atoms with E-state index in [4.69, 9.17) is 4.74 Å². The van der Waals surface area contributed by atoms with Crippen LogP contribution < -0.4 is 15.0 Å². The van der Waals surface area contributed by atoms with Crippen LogP contribution in [0.4, 0.5) is 5.13 Å². The van der Waals surface area contributed by atoms with Gasteiger partial charge in [0.2, 0.25) is 25.2 Å². The van der Waals surface area contributed by atoms with Crippen molar-refractivity contribution in [3.63, 3.8) is 0 Å². The van der Waals surface area contributed by atoms with Crippen LogP contribution in [0.5, 0.6) is 5.75 Å². The molecule has 0 bridgehead atoms. The van der Waals surface area contributed by atoms with E-state index in [0.717, 1.165) is 42.8 Å². The number of nitrogens with zero attached hydrogens (tertiary/aromatic N) is 3. The molecule has 1 aromatic carbocycles. The Morgan fingerprint density at radius 2 is 2.04 bits per heavy atom. The van der Waals surface area contributed by atoms with Crippen LogP contribution in [0.25, 0.3) is 0 Å². The Bertz CT molecular complexity index is 969. The molecular weight excluding hydrogens is 400 g/mol. The molecule has 4 rings (SSSR count). The van der Waals surface area contributed by atoms with E-state index in [2.05, 4.69) is 15.5 Å². The number of anilines is 1. The summed E-state index contributed by atoms with van der Waals surface area (Å²) >= 11 is 1.03. The van der Waals surface area contributed by atoms with Crippen molar-refractivity contribution in [2.75, 3.05) is 24.6 Å². The predicted octanol–water partition coefficient (Wildman–Crippen LogP) is 1.94. The van der Waals surface area contributed by atoms with Crippen LogP contribution in [0, 0.1) is 0 Å². The highest BCUT2D eigenvalue weighted by atomic mass is 32.2. The highest BCUT2D eigenvalue weighted by molar-refractivity contribution is 7.94. The van der Waals surface area contributed by atoms with Gasteiger partial charge in [-0.05, 0) is 25.8 Å². The number of benzene rings is 1. The molecule has 8 nitrogen and oxygen atoms in total. The minimum absolute atomic E-state index is 0.107. The Morgan fingerprint density at radius 3 is 2.82 bits per heavy atom. The fraction of sp³-hybridized carbons (Fsp3) is 0.500. The van der Waals surface area contributed by atoms with Crippen molar-refractivity contribution in [3.05, 3.63) is 29.8 Å². The molecule has 2 aliphatic rings. The van der Waals surface area contributed by atoms with Crippen LogP contribution in [0.3, 0.4) is 0 Å². The second-order valence-electron chi connectivity index (χ2n) is 6.97. The van der Waals surface area contributed by atoms with Crippen LogP contribution in [0.1, 0.15) is 37.8 Å². The van der Waals surface area contributed by atoms with E-state index in [1.54, 1.807) is 0 Å². The van der Waals surface area contributed by atoms with Crippen molar-refractivity contribution < 1.29 is 17.9 Å². The average Bonchev–Trinajstić information content (AvgIpc) is 3.39. The Kier molecular flexibility index (Phi) is 5.24. The van der Waals surface area contributed by atoms with Gasteiger partial charge in [0.25, 0.3) is 0 Å². The van der Waals surface area contributed by atoms with Gasteiger partial charge >= 0.3 is 0 Å². The first kappa shape index (κ1) is 19.1. The zero-order chi connectivity index (χ0) is 19.7. The number of fused-ring (bicyclic) bond motifs is 1. The van der Waals surface area contributed by atoms with Crippen molar-refractivity contribution in [2.24, 2.45) is 0 Å². The Morgan fingerprint density at radius 1 is 1.29 bits per heavy atom. The summed E-state index contributed by atoms with van der Waals surface area (Å²) in [6.07, 6.45) is 2.72. The molecule has 1 amide bonds. The summed E-state index contributed by atoms with van der Waals surface area (Å²) in [4.78, 5) is 14.7. The number of aromatic nitrogens is 2.